The zero-order valence-corrected chi connectivity index (χ0v) is 17.8. The smallest absolute Gasteiger partial charge is 0.193 e. The Labute approximate surface area is 175 Å². The van der Waals surface area contributed by atoms with Gasteiger partial charge in [0.2, 0.25) is 0 Å². The summed E-state index contributed by atoms with van der Waals surface area (Å²) in [6.45, 7) is 1.45. The van der Waals surface area contributed by atoms with Gasteiger partial charge >= 0.3 is 0 Å². The van der Waals surface area contributed by atoms with E-state index >= 15 is 0 Å². The summed E-state index contributed by atoms with van der Waals surface area (Å²) in [5.74, 6) is 1.75. The Balaban J connectivity index is 0.00000243. The van der Waals surface area contributed by atoms with E-state index in [1.165, 1.54) is 0 Å². The fraction of sp³-hybridized carbons (Fsp3) is 0.278. The number of aliphatic imine (C=N–C) groups is 1. The molecule has 0 fully saturated rings. The number of nitrogens with one attached hydrogen (secondary N) is 1. The van der Waals surface area contributed by atoms with Crippen molar-refractivity contribution >= 4 is 47.2 Å². The second-order valence-corrected chi connectivity index (χ2v) is 6.19. The molecule has 0 unspecified atom stereocenters. The fourth-order valence-electron chi connectivity index (χ4n) is 2.72. The standard InChI is InChI=1S/C18H21ClN6.HI/c1-20-18(24(2)13-14-6-5-7-15(19)12-14)21-10-9-17-23-22-16-8-3-4-11-25(16)17;/h3-8,11-12H,9-10,13H2,1-2H3,(H,20,21);1H. The summed E-state index contributed by atoms with van der Waals surface area (Å²) in [7, 11) is 3.78. The van der Waals surface area contributed by atoms with E-state index in [1.54, 1.807) is 7.05 Å². The normalized spacial score (nSPS) is 11.3. The molecule has 0 radical (unpaired) electrons. The maximum Gasteiger partial charge on any atom is 0.193 e. The number of guanidine groups is 1. The largest absolute Gasteiger partial charge is 0.356 e. The molecule has 3 rings (SSSR count). The van der Waals surface area contributed by atoms with Crippen LogP contribution >= 0.6 is 35.6 Å². The lowest BCUT2D eigenvalue weighted by molar-refractivity contribution is 0.477. The first kappa shape index (κ1) is 20.4. The van der Waals surface area contributed by atoms with Gasteiger partial charge in [0.05, 0.1) is 0 Å². The van der Waals surface area contributed by atoms with Crippen LogP contribution in [0.25, 0.3) is 5.65 Å². The highest BCUT2D eigenvalue weighted by Crippen LogP contribution is 2.12. The monoisotopic (exact) mass is 484 g/mol. The van der Waals surface area contributed by atoms with Gasteiger partial charge in [0.1, 0.15) is 5.82 Å². The second-order valence-electron chi connectivity index (χ2n) is 5.76. The molecule has 0 bridgehead atoms. The van der Waals surface area contributed by atoms with Crippen LogP contribution in [-0.2, 0) is 13.0 Å². The number of aromatic nitrogens is 3. The minimum absolute atomic E-state index is 0. The Morgan fingerprint density at radius 3 is 2.85 bits per heavy atom. The quantitative estimate of drug-likeness (QED) is 0.343. The third-order valence-electron chi connectivity index (χ3n) is 3.90. The Morgan fingerprint density at radius 1 is 1.23 bits per heavy atom. The molecule has 8 heteroatoms. The van der Waals surface area contributed by atoms with Crippen LogP contribution in [0.5, 0.6) is 0 Å². The van der Waals surface area contributed by atoms with Gasteiger partial charge in [-0.05, 0) is 29.8 Å². The predicted molar refractivity (Wildman–Crippen MR) is 116 cm³/mol. The van der Waals surface area contributed by atoms with Gasteiger partial charge in [-0.15, -0.1) is 34.2 Å². The summed E-state index contributed by atoms with van der Waals surface area (Å²) in [6, 6.07) is 13.7. The van der Waals surface area contributed by atoms with Gasteiger partial charge in [0.25, 0.3) is 0 Å². The minimum Gasteiger partial charge on any atom is -0.356 e. The molecule has 138 valence electrons. The van der Waals surface area contributed by atoms with Gasteiger partial charge in [-0.1, -0.05) is 29.8 Å². The summed E-state index contributed by atoms with van der Waals surface area (Å²) in [5, 5.41) is 12.5. The first-order valence-electron chi connectivity index (χ1n) is 8.12. The molecule has 2 heterocycles. The second kappa shape index (κ2) is 9.72. The molecule has 0 saturated carbocycles. The van der Waals surface area contributed by atoms with Crippen LogP contribution in [-0.4, -0.2) is 46.1 Å². The van der Waals surface area contributed by atoms with Crippen molar-refractivity contribution in [2.24, 2.45) is 4.99 Å². The van der Waals surface area contributed by atoms with E-state index in [2.05, 4.69) is 31.5 Å². The molecule has 26 heavy (non-hydrogen) atoms. The summed E-state index contributed by atoms with van der Waals surface area (Å²) in [6.07, 6.45) is 2.74. The molecule has 1 aromatic carbocycles. The Hall–Kier alpha value is -1.87. The lowest BCUT2D eigenvalue weighted by atomic mass is 10.2. The van der Waals surface area contributed by atoms with Crippen molar-refractivity contribution in [1.82, 2.24) is 24.8 Å². The number of benzene rings is 1. The number of pyridine rings is 1. The lowest BCUT2D eigenvalue weighted by Crippen LogP contribution is -2.39. The third kappa shape index (κ3) is 5.07. The van der Waals surface area contributed by atoms with Crippen LogP contribution in [0.15, 0.2) is 53.7 Å². The summed E-state index contributed by atoms with van der Waals surface area (Å²) < 4.78 is 2.00. The maximum absolute atomic E-state index is 6.05. The van der Waals surface area contributed by atoms with Gasteiger partial charge in [-0.2, -0.15) is 0 Å². The molecule has 2 aromatic heterocycles. The highest BCUT2D eigenvalue weighted by atomic mass is 127. The van der Waals surface area contributed by atoms with E-state index in [9.17, 15) is 0 Å². The van der Waals surface area contributed by atoms with Crippen LogP contribution < -0.4 is 5.32 Å². The molecule has 0 amide bonds. The first-order chi connectivity index (χ1) is 12.2. The molecule has 0 aliphatic carbocycles. The van der Waals surface area contributed by atoms with Crippen LogP contribution in [0.4, 0.5) is 0 Å². The maximum atomic E-state index is 6.05. The molecular formula is C18H22ClIN6. The summed E-state index contributed by atoms with van der Waals surface area (Å²) in [5.41, 5.74) is 2.00. The van der Waals surface area contributed by atoms with Crippen molar-refractivity contribution in [3.63, 3.8) is 0 Å². The number of nitrogens with zero attached hydrogens (tertiary/aromatic N) is 5. The third-order valence-corrected chi connectivity index (χ3v) is 4.13. The molecule has 6 nitrogen and oxygen atoms in total. The van der Waals surface area contributed by atoms with Crippen molar-refractivity contribution in [1.29, 1.82) is 0 Å². The topological polar surface area (TPSA) is 57.8 Å². The Bertz CT molecular complexity index is 879. The van der Waals surface area contributed by atoms with E-state index in [0.717, 1.165) is 47.5 Å². The van der Waals surface area contributed by atoms with Gasteiger partial charge in [0.15, 0.2) is 11.6 Å². The molecule has 3 aromatic rings. The van der Waals surface area contributed by atoms with Crippen LogP contribution in [0, 0.1) is 0 Å². The van der Waals surface area contributed by atoms with Gasteiger partial charge in [-0.3, -0.25) is 9.39 Å². The molecule has 0 atom stereocenters. The summed E-state index contributed by atoms with van der Waals surface area (Å²) in [4.78, 5) is 6.41. The molecule has 0 saturated heterocycles. The first-order valence-corrected chi connectivity index (χ1v) is 8.50. The Kier molecular flexibility index (Phi) is 7.65. The van der Waals surface area contributed by atoms with Gasteiger partial charge in [0, 0.05) is 44.8 Å². The zero-order valence-electron chi connectivity index (χ0n) is 14.8. The SMILES string of the molecule is CN=C(NCCc1nnc2ccccn12)N(C)Cc1cccc(Cl)c1.I. The van der Waals surface area contributed by atoms with Crippen molar-refractivity contribution in [2.45, 2.75) is 13.0 Å². The van der Waals surface area contributed by atoms with Crippen LogP contribution in [0.2, 0.25) is 5.02 Å². The molecule has 0 aliphatic heterocycles. The number of hydrogen-bond donors (Lipinski definition) is 1. The summed E-state index contributed by atoms with van der Waals surface area (Å²) >= 11 is 6.05. The van der Waals surface area contributed by atoms with Crippen molar-refractivity contribution in [3.8, 4) is 0 Å². The lowest BCUT2D eigenvalue weighted by Gasteiger charge is -2.22. The van der Waals surface area contributed by atoms with Crippen LogP contribution in [0.1, 0.15) is 11.4 Å². The van der Waals surface area contributed by atoms with Crippen molar-refractivity contribution < 1.29 is 0 Å². The molecule has 1 N–H and O–H groups in total. The highest BCUT2D eigenvalue weighted by Gasteiger charge is 2.08. The average molecular weight is 485 g/mol. The van der Waals surface area contributed by atoms with E-state index in [1.807, 2.05) is 54.0 Å². The van der Waals surface area contributed by atoms with Crippen molar-refractivity contribution in [3.05, 3.63) is 65.1 Å². The minimum atomic E-state index is 0. The zero-order chi connectivity index (χ0) is 17.6. The van der Waals surface area contributed by atoms with E-state index in [-0.39, 0.29) is 24.0 Å². The van der Waals surface area contributed by atoms with E-state index < -0.39 is 0 Å². The van der Waals surface area contributed by atoms with E-state index in [4.69, 9.17) is 11.6 Å². The highest BCUT2D eigenvalue weighted by molar-refractivity contribution is 14.0. The number of rotatable bonds is 5. The van der Waals surface area contributed by atoms with E-state index in [0.29, 0.717) is 0 Å². The van der Waals surface area contributed by atoms with Crippen molar-refractivity contribution in [2.75, 3.05) is 20.6 Å². The molecule has 0 spiro atoms. The number of fused-ring (bicyclic) bond motifs is 1. The fourth-order valence-corrected chi connectivity index (χ4v) is 2.93. The number of hydrogen-bond acceptors (Lipinski definition) is 3. The Morgan fingerprint density at radius 2 is 2.08 bits per heavy atom. The molecular weight excluding hydrogens is 463 g/mol. The predicted octanol–water partition coefficient (Wildman–Crippen LogP) is 3.25. The van der Waals surface area contributed by atoms with Gasteiger partial charge in [-0.25, -0.2) is 0 Å². The number of halogens is 2. The van der Waals surface area contributed by atoms with Gasteiger partial charge < -0.3 is 10.2 Å². The van der Waals surface area contributed by atoms with Crippen LogP contribution in [0.3, 0.4) is 0 Å². The molecule has 0 aliphatic rings. The average Bonchev–Trinajstić information content (AvgIpc) is 3.02.